The highest BCUT2D eigenvalue weighted by molar-refractivity contribution is 5.74. The van der Waals surface area contributed by atoms with Gasteiger partial charge in [-0.15, -0.1) is 0 Å². The Balaban J connectivity index is 1.22. The lowest BCUT2D eigenvalue weighted by atomic mass is 9.94. The predicted octanol–water partition coefficient (Wildman–Crippen LogP) is 4.64. The van der Waals surface area contributed by atoms with Crippen molar-refractivity contribution in [3.8, 4) is 5.69 Å². The van der Waals surface area contributed by atoms with E-state index in [1.807, 2.05) is 48.0 Å². The summed E-state index contributed by atoms with van der Waals surface area (Å²) in [7, 11) is 0. The fraction of sp³-hybridized carbons (Fsp3) is 0.357. The summed E-state index contributed by atoms with van der Waals surface area (Å²) >= 11 is 0. The van der Waals surface area contributed by atoms with Crippen molar-refractivity contribution in [2.24, 2.45) is 5.92 Å². The van der Waals surface area contributed by atoms with Crippen LogP contribution in [0.15, 0.2) is 67.0 Å². The number of fused-ring (bicyclic) bond motifs is 1. The molecule has 2 atom stereocenters. The van der Waals surface area contributed by atoms with Gasteiger partial charge in [-0.05, 0) is 86.7 Å². The number of rotatable bonds is 9. The Morgan fingerprint density at radius 3 is 2.89 bits per heavy atom. The maximum absolute atomic E-state index is 11.7. The molecule has 7 nitrogen and oxygen atoms in total. The van der Waals surface area contributed by atoms with E-state index in [0.29, 0.717) is 5.92 Å². The maximum Gasteiger partial charge on any atom is 0.304 e. The molecule has 1 saturated heterocycles. The molecule has 1 aliphatic heterocycles. The SMILES string of the molecule is Cc1ccnn1-c1cccc(C(CC(=O)O)CN2CCC(CCc3ccc4cccnc4n3)C2)c1. The van der Waals surface area contributed by atoms with E-state index in [9.17, 15) is 9.90 Å². The zero-order valence-electron chi connectivity index (χ0n) is 20.0. The summed E-state index contributed by atoms with van der Waals surface area (Å²) in [6.07, 6.45) is 6.85. The normalized spacial score (nSPS) is 17.1. The number of benzene rings is 1. The second-order valence-corrected chi connectivity index (χ2v) is 9.58. The van der Waals surface area contributed by atoms with E-state index in [-0.39, 0.29) is 12.3 Å². The molecule has 3 aromatic heterocycles. The van der Waals surface area contributed by atoms with Crippen molar-refractivity contribution in [1.82, 2.24) is 24.6 Å². The molecule has 0 spiro atoms. The van der Waals surface area contributed by atoms with Gasteiger partial charge in [0, 0.05) is 48.2 Å². The van der Waals surface area contributed by atoms with Gasteiger partial charge in [-0.2, -0.15) is 5.10 Å². The Morgan fingerprint density at radius 1 is 1.14 bits per heavy atom. The van der Waals surface area contributed by atoms with Crippen molar-refractivity contribution >= 4 is 17.0 Å². The highest BCUT2D eigenvalue weighted by atomic mass is 16.4. The first-order valence-corrected chi connectivity index (χ1v) is 12.3. The molecule has 4 heterocycles. The lowest BCUT2D eigenvalue weighted by Gasteiger charge is -2.24. The number of aryl methyl sites for hydroxylation is 2. The molecular formula is C28H31N5O2. The molecule has 0 bridgehead atoms. The summed E-state index contributed by atoms with van der Waals surface area (Å²) in [5.41, 5.74) is 4.97. The van der Waals surface area contributed by atoms with Gasteiger partial charge in [0.1, 0.15) is 0 Å². The standard InChI is InChI=1S/C28H31N5O2/c1-20-11-14-30-33(20)26-6-2-4-23(16-26)24(17-27(34)35)19-32-15-12-21(18-32)7-9-25-10-8-22-5-3-13-29-28(22)31-25/h2-6,8,10-11,13-14,16,21,24H,7,9,12,15,17-19H2,1H3,(H,34,35). The van der Waals surface area contributed by atoms with Crippen LogP contribution in [-0.2, 0) is 11.2 Å². The minimum absolute atomic E-state index is 0.0599. The number of carboxylic acid groups (broad SMARTS) is 1. The quantitative estimate of drug-likeness (QED) is 0.385. The van der Waals surface area contributed by atoms with E-state index in [2.05, 4.69) is 33.2 Å². The van der Waals surface area contributed by atoms with Crippen molar-refractivity contribution in [2.75, 3.05) is 19.6 Å². The van der Waals surface area contributed by atoms with Crippen LogP contribution >= 0.6 is 0 Å². The van der Waals surface area contributed by atoms with Crippen LogP contribution in [0, 0.1) is 12.8 Å². The van der Waals surface area contributed by atoms with Gasteiger partial charge in [0.25, 0.3) is 0 Å². The molecule has 0 radical (unpaired) electrons. The molecule has 0 amide bonds. The highest BCUT2D eigenvalue weighted by Gasteiger charge is 2.26. The third-order valence-corrected chi connectivity index (χ3v) is 7.02. The van der Waals surface area contributed by atoms with Crippen LogP contribution in [0.3, 0.4) is 0 Å². The number of aromatic nitrogens is 4. The van der Waals surface area contributed by atoms with Gasteiger partial charge in [-0.25, -0.2) is 14.6 Å². The van der Waals surface area contributed by atoms with Crippen molar-refractivity contribution in [3.63, 3.8) is 0 Å². The molecule has 1 aliphatic rings. The summed E-state index contributed by atoms with van der Waals surface area (Å²) in [5, 5.41) is 15.1. The fourth-order valence-corrected chi connectivity index (χ4v) is 5.16. The summed E-state index contributed by atoms with van der Waals surface area (Å²) in [6, 6.07) is 18.3. The smallest absolute Gasteiger partial charge is 0.304 e. The molecule has 1 N–H and O–H groups in total. The molecule has 7 heteroatoms. The van der Waals surface area contributed by atoms with Crippen LogP contribution < -0.4 is 0 Å². The first-order valence-electron chi connectivity index (χ1n) is 12.3. The topological polar surface area (TPSA) is 84.1 Å². The van der Waals surface area contributed by atoms with E-state index < -0.39 is 5.97 Å². The molecule has 0 saturated carbocycles. The van der Waals surface area contributed by atoms with Crippen LogP contribution in [0.1, 0.15) is 42.1 Å². The number of carboxylic acids is 1. The van der Waals surface area contributed by atoms with Gasteiger partial charge < -0.3 is 10.0 Å². The number of likely N-dealkylation sites (tertiary alicyclic amines) is 1. The minimum Gasteiger partial charge on any atom is -0.481 e. The number of carbonyl (C=O) groups is 1. The number of hydrogen-bond donors (Lipinski definition) is 1. The van der Waals surface area contributed by atoms with E-state index >= 15 is 0 Å². The van der Waals surface area contributed by atoms with E-state index in [1.165, 1.54) is 0 Å². The number of aliphatic carboxylic acids is 1. The molecular weight excluding hydrogens is 438 g/mol. The van der Waals surface area contributed by atoms with Crippen LogP contribution in [-0.4, -0.2) is 55.4 Å². The van der Waals surface area contributed by atoms with Gasteiger partial charge in [-0.3, -0.25) is 4.79 Å². The summed E-state index contributed by atoms with van der Waals surface area (Å²) < 4.78 is 1.89. The molecule has 0 aliphatic carbocycles. The average Bonchev–Trinajstić information content (AvgIpc) is 3.50. The zero-order valence-corrected chi connectivity index (χ0v) is 20.0. The van der Waals surface area contributed by atoms with E-state index in [0.717, 1.165) is 72.6 Å². The van der Waals surface area contributed by atoms with Gasteiger partial charge in [0.05, 0.1) is 12.1 Å². The first kappa shape index (κ1) is 23.2. The lowest BCUT2D eigenvalue weighted by molar-refractivity contribution is -0.137. The molecule has 35 heavy (non-hydrogen) atoms. The average molecular weight is 470 g/mol. The van der Waals surface area contributed by atoms with Crippen LogP contribution in [0.25, 0.3) is 16.7 Å². The Labute approximate surface area is 205 Å². The second-order valence-electron chi connectivity index (χ2n) is 9.58. The molecule has 2 unspecified atom stereocenters. The minimum atomic E-state index is -0.762. The fourth-order valence-electron chi connectivity index (χ4n) is 5.16. The van der Waals surface area contributed by atoms with Crippen LogP contribution in [0.5, 0.6) is 0 Å². The second kappa shape index (κ2) is 10.4. The van der Waals surface area contributed by atoms with Gasteiger partial charge >= 0.3 is 5.97 Å². The first-order chi connectivity index (χ1) is 17.0. The van der Waals surface area contributed by atoms with E-state index in [4.69, 9.17) is 4.98 Å². The molecule has 1 fully saturated rings. The van der Waals surface area contributed by atoms with E-state index in [1.54, 1.807) is 12.4 Å². The number of pyridine rings is 2. The Bertz CT molecular complexity index is 1320. The predicted molar refractivity (Wildman–Crippen MR) is 136 cm³/mol. The third kappa shape index (κ3) is 5.57. The molecule has 1 aromatic carbocycles. The lowest BCUT2D eigenvalue weighted by Crippen LogP contribution is -2.28. The summed E-state index contributed by atoms with van der Waals surface area (Å²) in [4.78, 5) is 23.2. The zero-order chi connectivity index (χ0) is 24.2. The van der Waals surface area contributed by atoms with Crippen LogP contribution in [0.2, 0.25) is 0 Å². The van der Waals surface area contributed by atoms with Crippen molar-refractivity contribution in [2.45, 2.75) is 38.5 Å². The number of hydrogen-bond acceptors (Lipinski definition) is 5. The van der Waals surface area contributed by atoms with Gasteiger partial charge in [0.15, 0.2) is 5.65 Å². The summed E-state index contributed by atoms with van der Waals surface area (Å²) in [6.45, 7) is 4.77. The molecule has 5 rings (SSSR count). The number of nitrogens with zero attached hydrogens (tertiary/aromatic N) is 5. The van der Waals surface area contributed by atoms with Crippen molar-refractivity contribution in [3.05, 3.63) is 83.9 Å². The van der Waals surface area contributed by atoms with Gasteiger partial charge in [0.2, 0.25) is 0 Å². The highest BCUT2D eigenvalue weighted by Crippen LogP contribution is 2.28. The monoisotopic (exact) mass is 469 g/mol. The van der Waals surface area contributed by atoms with Crippen molar-refractivity contribution < 1.29 is 9.90 Å². The van der Waals surface area contributed by atoms with Crippen molar-refractivity contribution in [1.29, 1.82) is 0 Å². The maximum atomic E-state index is 11.7. The van der Waals surface area contributed by atoms with Gasteiger partial charge in [-0.1, -0.05) is 12.1 Å². The third-order valence-electron chi connectivity index (χ3n) is 7.02. The Kier molecular flexibility index (Phi) is 6.86. The summed E-state index contributed by atoms with van der Waals surface area (Å²) in [5.74, 6) is -0.225. The Hall–Kier alpha value is -3.58. The molecule has 4 aromatic rings. The Morgan fingerprint density at radius 2 is 2.06 bits per heavy atom. The molecule has 180 valence electrons. The van der Waals surface area contributed by atoms with Crippen LogP contribution in [0.4, 0.5) is 0 Å². The largest absolute Gasteiger partial charge is 0.481 e.